The Bertz CT molecular complexity index is 89.3. The van der Waals surface area contributed by atoms with Crippen molar-refractivity contribution in [1.29, 1.82) is 0 Å². The van der Waals surface area contributed by atoms with Crippen LogP contribution >= 0.6 is 31.6 Å². The number of halogens is 2. The van der Waals surface area contributed by atoms with Gasteiger partial charge in [0.05, 0.1) is 6.16 Å². The second-order valence-electron chi connectivity index (χ2n) is 1.08. The van der Waals surface area contributed by atoms with Crippen molar-refractivity contribution in [2.75, 3.05) is 12.0 Å². The van der Waals surface area contributed by atoms with Crippen LogP contribution in [-0.4, -0.2) is 21.8 Å². The maximum Gasteiger partial charge on any atom is 0.326 e. The van der Waals surface area contributed by atoms with Gasteiger partial charge in [0.25, 0.3) is 0 Å². The van der Waals surface area contributed by atoms with Crippen LogP contribution in [0.2, 0.25) is 0 Å². The zero-order valence-electron chi connectivity index (χ0n) is 3.95. The van der Waals surface area contributed by atoms with E-state index < -0.39 is 7.60 Å². The molecule has 0 radical (unpaired) electrons. The number of rotatable bonds is 2. The lowest BCUT2D eigenvalue weighted by atomic mass is 11.0. The normalized spacial score (nSPS) is 10.4. The molecule has 3 nitrogen and oxygen atoms in total. The van der Waals surface area contributed by atoms with Crippen LogP contribution in [0.5, 0.6) is 0 Å². The largest absolute Gasteiger partial charge is 0.326 e. The molecular formula is C2H7Cl2O3P. The highest BCUT2D eigenvalue weighted by molar-refractivity contribution is 7.51. The fourth-order valence-electron chi connectivity index (χ4n) is 0.110. The van der Waals surface area contributed by atoms with Crippen molar-refractivity contribution in [2.45, 2.75) is 0 Å². The minimum atomic E-state index is -3.80. The Morgan fingerprint density at radius 1 is 1.50 bits per heavy atom. The molecule has 0 heterocycles. The molecule has 0 aliphatic rings. The van der Waals surface area contributed by atoms with Crippen LogP contribution in [0.25, 0.3) is 0 Å². The predicted octanol–water partition coefficient (Wildman–Crippen LogP) is 0.825. The first-order valence-electron chi connectivity index (χ1n) is 1.67. The van der Waals surface area contributed by atoms with Gasteiger partial charge in [-0.25, -0.2) is 0 Å². The highest BCUT2D eigenvalue weighted by Crippen LogP contribution is 2.33. The van der Waals surface area contributed by atoms with Gasteiger partial charge in [-0.05, 0) is 0 Å². The van der Waals surface area contributed by atoms with Crippen LogP contribution in [-0.2, 0) is 4.57 Å². The molecule has 0 saturated carbocycles. The molecule has 0 aliphatic heterocycles. The first kappa shape index (κ1) is 11.5. The summed E-state index contributed by atoms with van der Waals surface area (Å²) in [5.41, 5.74) is 0. The predicted molar refractivity (Wildman–Crippen MR) is 34.9 cm³/mol. The van der Waals surface area contributed by atoms with Gasteiger partial charge in [-0.3, -0.25) is 4.57 Å². The van der Waals surface area contributed by atoms with E-state index in [4.69, 9.17) is 21.4 Å². The Morgan fingerprint density at radius 3 is 1.88 bits per heavy atom. The van der Waals surface area contributed by atoms with Gasteiger partial charge in [0, 0.05) is 5.88 Å². The van der Waals surface area contributed by atoms with Crippen molar-refractivity contribution in [1.82, 2.24) is 0 Å². The fourth-order valence-corrected chi connectivity index (χ4v) is 0.991. The van der Waals surface area contributed by atoms with Gasteiger partial charge in [0.2, 0.25) is 0 Å². The van der Waals surface area contributed by atoms with Crippen LogP contribution in [0.1, 0.15) is 0 Å². The average molecular weight is 181 g/mol. The Kier molecular flexibility index (Phi) is 6.61. The van der Waals surface area contributed by atoms with Crippen LogP contribution in [0.4, 0.5) is 0 Å². The Morgan fingerprint density at radius 2 is 1.88 bits per heavy atom. The van der Waals surface area contributed by atoms with E-state index in [0.717, 1.165) is 0 Å². The highest BCUT2D eigenvalue weighted by Gasteiger charge is 2.09. The van der Waals surface area contributed by atoms with Crippen molar-refractivity contribution in [3.8, 4) is 0 Å². The molecule has 0 atom stereocenters. The van der Waals surface area contributed by atoms with Gasteiger partial charge < -0.3 is 9.79 Å². The van der Waals surface area contributed by atoms with Crippen LogP contribution in [0.3, 0.4) is 0 Å². The van der Waals surface area contributed by atoms with E-state index in [2.05, 4.69) is 0 Å². The van der Waals surface area contributed by atoms with Crippen molar-refractivity contribution in [3.05, 3.63) is 0 Å². The molecule has 0 aromatic rings. The van der Waals surface area contributed by atoms with Crippen molar-refractivity contribution in [2.24, 2.45) is 0 Å². The van der Waals surface area contributed by atoms with Crippen LogP contribution in [0, 0.1) is 0 Å². The molecule has 52 valence electrons. The lowest BCUT2D eigenvalue weighted by Gasteiger charge is -1.95. The third kappa shape index (κ3) is 9.88. The van der Waals surface area contributed by atoms with E-state index in [1.807, 2.05) is 0 Å². The standard InChI is InChI=1S/C2H6ClO3P.ClH/c3-1-2-7(4,5)6;/h1-2H2,(H2,4,5,6);1H. The Balaban J connectivity index is 0. The molecule has 0 saturated heterocycles. The molecule has 0 rings (SSSR count). The van der Waals surface area contributed by atoms with Crippen molar-refractivity contribution < 1.29 is 14.4 Å². The summed E-state index contributed by atoms with van der Waals surface area (Å²) < 4.78 is 9.84. The average Bonchev–Trinajstić information content (AvgIpc) is 1.30. The lowest BCUT2D eigenvalue weighted by molar-refractivity contribution is 0.375. The number of alkyl halides is 1. The summed E-state index contributed by atoms with van der Waals surface area (Å²) in [6.07, 6.45) is -0.228. The molecular weight excluding hydrogens is 174 g/mol. The summed E-state index contributed by atoms with van der Waals surface area (Å²) in [6, 6.07) is 0. The summed E-state index contributed by atoms with van der Waals surface area (Å²) in [5, 5.41) is 0. The minimum Gasteiger partial charge on any atom is -0.324 e. The highest BCUT2D eigenvalue weighted by atomic mass is 35.5. The topological polar surface area (TPSA) is 57.5 Å². The summed E-state index contributed by atoms with van der Waals surface area (Å²) >= 11 is 4.99. The van der Waals surface area contributed by atoms with E-state index in [0.29, 0.717) is 0 Å². The van der Waals surface area contributed by atoms with Gasteiger partial charge in [0.1, 0.15) is 0 Å². The molecule has 0 unspecified atom stereocenters. The van der Waals surface area contributed by atoms with Gasteiger partial charge >= 0.3 is 7.60 Å². The summed E-state index contributed by atoms with van der Waals surface area (Å²) in [7, 11) is -3.80. The van der Waals surface area contributed by atoms with Gasteiger partial charge in [-0.2, -0.15) is 0 Å². The molecule has 0 aliphatic carbocycles. The van der Waals surface area contributed by atoms with E-state index >= 15 is 0 Å². The molecule has 2 N–H and O–H groups in total. The maximum atomic E-state index is 9.84. The molecule has 0 spiro atoms. The first-order chi connectivity index (χ1) is 3.06. The second-order valence-corrected chi connectivity index (χ2v) is 3.23. The zero-order valence-corrected chi connectivity index (χ0v) is 6.42. The molecule has 8 heavy (non-hydrogen) atoms. The van der Waals surface area contributed by atoms with Crippen LogP contribution < -0.4 is 0 Å². The summed E-state index contributed by atoms with van der Waals surface area (Å²) in [5.74, 6) is 0.0181. The third-order valence-electron chi connectivity index (χ3n) is 0.376. The molecule has 6 heteroatoms. The van der Waals surface area contributed by atoms with E-state index in [1.54, 1.807) is 0 Å². The molecule has 0 aromatic heterocycles. The van der Waals surface area contributed by atoms with Crippen LogP contribution in [0.15, 0.2) is 0 Å². The van der Waals surface area contributed by atoms with E-state index in [9.17, 15) is 4.57 Å². The Labute approximate surface area is 58.6 Å². The quantitative estimate of drug-likeness (QED) is 0.489. The summed E-state index contributed by atoms with van der Waals surface area (Å²) in [6.45, 7) is 0. The minimum absolute atomic E-state index is 0. The summed E-state index contributed by atoms with van der Waals surface area (Å²) in [4.78, 5) is 16.1. The fraction of sp³-hybridized carbons (Fsp3) is 1.00. The monoisotopic (exact) mass is 180 g/mol. The van der Waals surface area contributed by atoms with Crippen molar-refractivity contribution >= 4 is 31.6 Å². The van der Waals surface area contributed by atoms with Gasteiger partial charge in [0.15, 0.2) is 0 Å². The van der Waals surface area contributed by atoms with Crippen molar-refractivity contribution in [3.63, 3.8) is 0 Å². The Hall–Kier alpha value is 0.730. The third-order valence-corrected chi connectivity index (χ3v) is 1.63. The lowest BCUT2D eigenvalue weighted by Crippen LogP contribution is -1.86. The smallest absolute Gasteiger partial charge is 0.324 e. The van der Waals surface area contributed by atoms with Gasteiger partial charge in [-0.1, -0.05) is 0 Å². The first-order valence-corrected chi connectivity index (χ1v) is 4.00. The van der Waals surface area contributed by atoms with E-state index in [-0.39, 0.29) is 24.4 Å². The SMILES string of the molecule is Cl.O=P(O)(O)CCCl. The maximum absolute atomic E-state index is 9.84. The molecule has 0 bridgehead atoms. The number of hydrogen-bond donors (Lipinski definition) is 2. The zero-order chi connectivity index (χ0) is 5.91. The number of hydrogen-bond acceptors (Lipinski definition) is 1. The molecule has 0 fully saturated rings. The molecule has 0 aromatic carbocycles. The second kappa shape index (κ2) is 4.59. The van der Waals surface area contributed by atoms with E-state index in [1.165, 1.54) is 0 Å². The molecule has 0 amide bonds. The van der Waals surface area contributed by atoms with Gasteiger partial charge in [-0.15, -0.1) is 24.0 Å².